The zero-order valence-corrected chi connectivity index (χ0v) is 10.6. The van der Waals surface area contributed by atoms with Gasteiger partial charge in [0, 0.05) is 25.7 Å². The number of likely N-dealkylation sites (tertiary alicyclic amines) is 1. The zero-order chi connectivity index (χ0) is 11.4. The van der Waals surface area contributed by atoms with Gasteiger partial charge in [0.2, 0.25) is 0 Å². The van der Waals surface area contributed by atoms with Crippen LogP contribution < -0.4 is 5.73 Å². The normalized spacial score (nSPS) is 32.6. The summed E-state index contributed by atoms with van der Waals surface area (Å²) in [6.45, 7) is 8.64. The van der Waals surface area contributed by atoms with E-state index >= 15 is 0 Å². The summed E-state index contributed by atoms with van der Waals surface area (Å²) in [6, 6.07) is 1.01. The Balaban J connectivity index is 2.58. The van der Waals surface area contributed by atoms with Crippen molar-refractivity contribution < 1.29 is 4.74 Å². The second-order valence-corrected chi connectivity index (χ2v) is 4.94. The van der Waals surface area contributed by atoms with E-state index < -0.39 is 0 Å². The first-order valence-electron chi connectivity index (χ1n) is 6.08. The van der Waals surface area contributed by atoms with Gasteiger partial charge in [-0.2, -0.15) is 0 Å². The highest BCUT2D eigenvalue weighted by Crippen LogP contribution is 2.25. The fourth-order valence-corrected chi connectivity index (χ4v) is 2.50. The van der Waals surface area contributed by atoms with Crippen LogP contribution in [0.4, 0.5) is 0 Å². The molecule has 4 atom stereocenters. The monoisotopic (exact) mass is 214 g/mol. The number of ether oxygens (including phenoxy) is 1. The van der Waals surface area contributed by atoms with Crippen molar-refractivity contribution in [1.82, 2.24) is 4.90 Å². The van der Waals surface area contributed by atoms with E-state index in [4.69, 9.17) is 10.5 Å². The molecule has 0 spiro atoms. The molecule has 90 valence electrons. The second-order valence-electron chi connectivity index (χ2n) is 4.94. The number of methoxy groups -OCH3 is 1. The molecule has 0 aromatic rings. The molecular weight excluding hydrogens is 188 g/mol. The van der Waals surface area contributed by atoms with E-state index in [1.165, 1.54) is 12.8 Å². The first kappa shape index (κ1) is 12.9. The summed E-state index contributed by atoms with van der Waals surface area (Å²) >= 11 is 0. The van der Waals surface area contributed by atoms with Crippen LogP contribution in [0, 0.1) is 5.92 Å². The molecule has 0 radical (unpaired) electrons. The number of hydrogen-bond acceptors (Lipinski definition) is 3. The quantitative estimate of drug-likeness (QED) is 0.770. The third-order valence-corrected chi connectivity index (χ3v) is 3.87. The van der Waals surface area contributed by atoms with Gasteiger partial charge in [-0.25, -0.2) is 0 Å². The molecule has 0 aromatic carbocycles. The summed E-state index contributed by atoms with van der Waals surface area (Å²) < 4.78 is 5.40. The Morgan fingerprint density at radius 1 is 1.47 bits per heavy atom. The van der Waals surface area contributed by atoms with Crippen molar-refractivity contribution in [3.63, 3.8) is 0 Å². The first-order chi connectivity index (χ1) is 7.10. The maximum Gasteiger partial charge on any atom is 0.0695 e. The van der Waals surface area contributed by atoms with E-state index in [2.05, 4.69) is 25.7 Å². The highest BCUT2D eigenvalue weighted by atomic mass is 16.5. The van der Waals surface area contributed by atoms with Gasteiger partial charge in [0.15, 0.2) is 0 Å². The smallest absolute Gasteiger partial charge is 0.0695 e. The Morgan fingerprint density at radius 3 is 2.67 bits per heavy atom. The predicted molar refractivity (Wildman–Crippen MR) is 63.9 cm³/mol. The van der Waals surface area contributed by atoms with Crippen LogP contribution >= 0.6 is 0 Å². The van der Waals surface area contributed by atoms with Crippen molar-refractivity contribution in [3.8, 4) is 0 Å². The summed E-state index contributed by atoms with van der Waals surface area (Å²) in [6.07, 6.45) is 2.81. The molecule has 1 saturated heterocycles. The summed E-state index contributed by atoms with van der Waals surface area (Å²) in [5, 5.41) is 0. The predicted octanol–water partition coefficient (Wildman–Crippen LogP) is 1.47. The summed E-state index contributed by atoms with van der Waals surface area (Å²) in [4.78, 5) is 2.52. The van der Waals surface area contributed by atoms with Crippen LogP contribution in [0.5, 0.6) is 0 Å². The second kappa shape index (κ2) is 5.83. The van der Waals surface area contributed by atoms with Crippen LogP contribution in [0.3, 0.4) is 0 Å². The van der Waals surface area contributed by atoms with Crippen LogP contribution in [0.25, 0.3) is 0 Å². The molecule has 4 unspecified atom stereocenters. The molecule has 0 aliphatic carbocycles. The number of piperidine rings is 1. The maximum absolute atomic E-state index is 5.85. The Bertz CT molecular complexity index is 184. The Labute approximate surface area is 94.0 Å². The van der Waals surface area contributed by atoms with Crippen LogP contribution in [-0.2, 0) is 4.74 Å². The van der Waals surface area contributed by atoms with Gasteiger partial charge in [0.25, 0.3) is 0 Å². The van der Waals surface area contributed by atoms with E-state index in [0.717, 1.165) is 19.0 Å². The maximum atomic E-state index is 5.85. The molecule has 0 amide bonds. The molecule has 0 saturated carbocycles. The van der Waals surface area contributed by atoms with Crippen molar-refractivity contribution in [2.24, 2.45) is 11.7 Å². The molecule has 1 rings (SSSR count). The standard InChI is InChI=1S/C12H26N2O/c1-9-5-6-14(12(7-9)8-13)10(2)11(3)15-4/h9-12H,5-8,13H2,1-4H3. The number of nitrogens with two attached hydrogens (primary N) is 1. The van der Waals surface area contributed by atoms with Gasteiger partial charge in [-0.15, -0.1) is 0 Å². The van der Waals surface area contributed by atoms with E-state index in [0.29, 0.717) is 12.1 Å². The van der Waals surface area contributed by atoms with Gasteiger partial charge < -0.3 is 10.5 Å². The van der Waals surface area contributed by atoms with Gasteiger partial charge in [-0.3, -0.25) is 4.90 Å². The molecule has 0 bridgehead atoms. The van der Waals surface area contributed by atoms with E-state index in [-0.39, 0.29) is 6.10 Å². The zero-order valence-electron chi connectivity index (χ0n) is 10.6. The van der Waals surface area contributed by atoms with Gasteiger partial charge in [-0.05, 0) is 39.2 Å². The van der Waals surface area contributed by atoms with Gasteiger partial charge >= 0.3 is 0 Å². The molecule has 0 aromatic heterocycles. The average molecular weight is 214 g/mol. The Hall–Kier alpha value is -0.120. The van der Waals surface area contributed by atoms with Crippen LogP contribution in [0.1, 0.15) is 33.6 Å². The van der Waals surface area contributed by atoms with Gasteiger partial charge in [0.1, 0.15) is 0 Å². The lowest BCUT2D eigenvalue weighted by molar-refractivity contribution is -0.00511. The van der Waals surface area contributed by atoms with Crippen LogP contribution in [0.2, 0.25) is 0 Å². The van der Waals surface area contributed by atoms with E-state index in [1.807, 2.05) is 0 Å². The topological polar surface area (TPSA) is 38.5 Å². The molecule has 1 aliphatic rings. The fraction of sp³-hybridized carbons (Fsp3) is 1.00. The van der Waals surface area contributed by atoms with Gasteiger partial charge in [-0.1, -0.05) is 6.92 Å². The molecule has 3 nitrogen and oxygen atoms in total. The van der Waals surface area contributed by atoms with Crippen molar-refractivity contribution in [2.45, 2.75) is 51.8 Å². The molecule has 2 N–H and O–H groups in total. The van der Waals surface area contributed by atoms with Crippen molar-refractivity contribution in [3.05, 3.63) is 0 Å². The lowest BCUT2D eigenvalue weighted by Gasteiger charge is -2.43. The highest BCUT2D eigenvalue weighted by molar-refractivity contribution is 4.86. The number of hydrogen-bond donors (Lipinski definition) is 1. The molecule has 1 fully saturated rings. The average Bonchev–Trinajstić information content (AvgIpc) is 2.26. The minimum absolute atomic E-state index is 0.285. The molecule has 15 heavy (non-hydrogen) atoms. The summed E-state index contributed by atoms with van der Waals surface area (Å²) in [5.41, 5.74) is 5.85. The SMILES string of the molecule is COC(C)C(C)N1CCC(C)CC1CN. The lowest BCUT2D eigenvalue weighted by atomic mass is 9.90. The molecule has 1 heterocycles. The Morgan fingerprint density at radius 2 is 2.13 bits per heavy atom. The Kier molecular flexibility index (Phi) is 5.03. The lowest BCUT2D eigenvalue weighted by Crippen LogP contribution is -2.53. The van der Waals surface area contributed by atoms with E-state index in [1.54, 1.807) is 7.11 Å². The van der Waals surface area contributed by atoms with Crippen molar-refractivity contribution >= 4 is 0 Å². The summed E-state index contributed by atoms with van der Waals surface area (Å²) in [7, 11) is 1.78. The fourth-order valence-electron chi connectivity index (χ4n) is 2.50. The third-order valence-electron chi connectivity index (χ3n) is 3.87. The van der Waals surface area contributed by atoms with Crippen LogP contribution in [0.15, 0.2) is 0 Å². The third kappa shape index (κ3) is 3.16. The molecular formula is C12H26N2O. The van der Waals surface area contributed by atoms with Crippen molar-refractivity contribution in [2.75, 3.05) is 20.2 Å². The van der Waals surface area contributed by atoms with Crippen LogP contribution in [-0.4, -0.2) is 43.3 Å². The van der Waals surface area contributed by atoms with Gasteiger partial charge in [0.05, 0.1) is 6.10 Å². The highest BCUT2D eigenvalue weighted by Gasteiger charge is 2.30. The molecule has 1 aliphatic heterocycles. The molecule has 3 heteroatoms. The first-order valence-corrected chi connectivity index (χ1v) is 6.08. The van der Waals surface area contributed by atoms with E-state index in [9.17, 15) is 0 Å². The minimum atomic E-state index is 0.285. The number of rotatable bonds is 4. The number of nitrogens with zero attached hydrogens (tertiary/aromatic N) is 1. The summed E-state index contributed by atoms with van der Waals surface area (Å²) in [5.74, 6) is 0.819. The minimum Gasteiger partial charge on any atom is -0.380 e. The van der Waals surface area contributed by atoms with Crippen molar-refractivity contribution in [1.29, 1.82) is 0 Å². The largest absolute Gasteiger partial charge is 0.380 e.